The van der Waals surface area contributed by atoms with Crippen molar-refractivity contribution >= 4 is 11.1 Å². The van der Waals surface area contributed by atoms with E-state index in [0.717, 1.165) is 29.5 Å². The number of nitrogens with zero attached hydrogens (tertiary/aromatic N) is 1. The van der Waals surface area contributed by atoms with E-state index < -0.39 is 0 Å². The van der Waals surface area contributed by atoms with Gasteiger partial charge >= 0.3 is 0 Å². The highest BCUT2D eigenvalue weighted by Gasteiger charge is 2.31. The Morgan fingerprint density at radius 3 is 2.88 bits per heavy atom. The molecule has 0 radical (unpaired) electrons. The van der Waals surface area contributed by atoms with Crippen LogP contribution in [0.5, 0.6) is 0 Å². The van der Waals surface area contributed by atoms with Crippen molar-refractivity contribution in [1.82, 2.24) is 4.98 Å². The van der Waals surface area contributed by atoms with Crippen LogP contribution in [-0.2, 0) is 0 Å². The quantitative estimate of drug-likeness (QED) is 0.827. The zero-order valence-electron chi connectivity index (χ0n) is 9.89. The molecule has 4 N–H and O–H groups in total. The topological polar surface area (TPSA) is 78.1 Å². The number of aromatic nitrogens is 1. The summed E-state index contributed by atoms with van der Waals surface area (Å²) in [5.41, 5.74) is 14.9. The van der Waals surface area contributed by atoms with E-state index in [1.807, 2.05) is 25.1 Å². The van der Waals surface area contributed by atoms with E-state index in [1.54, 1.807) is 0 Å². The maximum atomic E-state index is 6.24. The molecule has 0 spiro atoms. The third kappa shape index (κ3) is 1.83. The number of hydrogen-bond acceptors (Lipinski definition) is 4. The molecule has 0 amide bonds. The number of oxazole rings is 1. The van der Waals surface area contributed by atoms with Gasteiger partial charge in [0, 0.05) is 19.0 Å². The minimum absolute atomic E-state index is 0.0598. The molecule has 90 valence electrons. The number of benzene rings is 1. The average molecular weight is 231 g/mol. The van der Waals surface area contributed by atoms with Crippen molar-refractivity contribution in [3.05, 3.63) is 29.7 Å². The van der Waals surface area contributed by atoms with Gasteiger partial charge < -0.3 is 15.9 Å². The lowest BCUT2D eigenvalue weighted by Gasteiger charge is -2.36. The first-order valence-corrected chi connectivity index (χ1v) is 6.02. The predicted molar refractivity (Wildman–Crippen MR) is 66.4 cm³/mol. The zero-order chi connectivity index (χ0) is 12.0. The van der Waals surface area contributed by atoms with Crippen LogP contribution in [0.1, 0.15) is 30.3 Å². The molecule has 4 heteroatoms. The highest BCUT2D eigenvalue weighted by atomic mass is 16.3. The molecule has 1 aliphatic carbocycles. The summed E-state index contributed by atoms with van der Waals surface area (Å²) in [6.45, 7) is 1.85. The van der Waals surface area contributed by atoms with Crippen LogP contribution in [0, 0.1) is 12.8 Å². The van der Waals surface area contributed by atoms with E-state index in [4.69, 9.17) is 15.9 Å². The first-order valence-electron chi connectivity index (χ1n) is 6.02. The summed E-state index contributed by atoms with van der Waals surface area (Å²) in [4.78, 5) is 4.28. The van der Waals surface area contributed by atoms with E-state index in [0.29, 0.717) is 17.9 Å². The van der Waals surface area contributed by atoms with Crippen molar-refractivity contribution in [3.8, 4) is 0 Å². The molecule has 1 aromatic heterocycles. The monoisotopic (exact) mass is 231 g/mol. The minimum atomic E-state index is 0.0598. The van der Waals surface area contributed by atoms with Crippen LogP contribution in [-0.4, -0.2) is 11.0 Å². The second kappa shape index (κ2) is 3.82. The van der Waals surface area contributed by atoms with Crippen LogP contribution in [0.4, 0.5) is 0 Å². The normalized spacial score (nSPS) is 25.8. The highest BCUT2D eigenvalue weighted by Crippen LogP contribution is 2.36. The lowest BCUT2D eigenvalue weighted by molar-refractivity contribution is 0.224. The van der Waals surface area contributed by atoms with Gasteiger partial charge in [0.1, 0.15) is 5.52 Å². The van der Waals surface area contributed by atoms with Gasteiger partial charge in [-0.15, -0.1) is 0 Å². The van der Waals surface area contributed by atoms with E-state index in [9.17, 15) is 0 Å². The van der Waals surface area contributed by atoms with E-state index in [1.165, 1.54) is 0 Å². The molecule has 1 fully saturated rings. The molecular formula is C13H17N3O. The standard InChI is InChI=1S/C13H17N3O/c1-7-16-11-3-2-8(6-12(11)17-7)13(15)9-4-10(14)5-9/h2-3,6,9-10,13H,4-5,14-15H2,1H3. The van der Waals surface area contributed by atoms with Gasteiger partial charge in [0.15, 0.2) is 11.5 Å². The van der Waals surface area contributed by atoms with Crippen molar-refractivity contribution in [3.63, 3.8) is 0 Å². The Balaban J connectivity index is 1.89. The smallest absolute Gasteiger partial charge is 0.192 e. The van der Waals surface area contributed by atoms with Crippen LogP contribution in [0.2, 0.25) is 0 Å². The molecule has 1 heterocycles. The Bertz CT molecular complexity index is 543. The van der Waals surface area contributed by atoms with Crippen molar-refractivity contribution in [1.29, 1.82) is 0 Å². The summed E-state index contributed by atoms with van der Waals surface area (Å²) >= 11 is 0. The van der Waals surface area contributed by atoms with Gasteiger partial charge in [-0.25, -0.2) is 4.98 Å². The third-order valence-electron chi connectivity index (χ3n) is 3.62. The molecule has 0 bridgehead atoms. The molecule has 1 atom stereocenters. The van der Waals surface area contributed by atoms with Crippen LogP contribution in [0.15, 0.2) is 22.6 Å². The van der Waals surface area contributed by atoms with Gasteiger partial charge in [0.05, 0.1) is 0 Å². The predicted octanol–water partition coefficient (Wildman–Crippen LogP) is 1.87. The SMILES string of the molecule is Cc1nc2ccc(C(N)C3CC(N)C3)cc2o1. The largest absolute Gasteiger partial charge is 0.441 e. The molecule has 1 unspecified atom stereocenters. The number of nitrogens with two attached hydrogens (primary N) is 2. The number of hydrogen-bond donors (Lipinski definition) is 2. The Morgan fingerprint density at radius 2 is 2.18 bits per heavy atom. The van der Waals surface area contributed by atoms with Gasteiger partial charge in [0.25, 0.3) is 0 Å². The van der Waals surface area contributed by atoms with Crippen LogP contribution in [0.25, 0.3) is 11.1 Å². The lowest BCUT2D eigenvalue weighted by Crippen LogP contribution is -2.41. The fourth-order valence-corrected chi connectivity index (χ4v) is 2.54. The number of fused-ring (bicyclic) bond motifs is 1. The molecule has 0 aliphatic heterocycles. The molecule has 17 heavy (non-hydrogen) atoms. The van der Waals surface area contributed by atoms with Gasteiger partial charge in [-0.3, -0.25) is 0 Å². The van der Waals surface area contributed by atoms with E-state index >= 15 is 0 Å². The molecule has 4 nitrogen and oxygen atoms in total. The molecule has 2 aromatic rings. The average Bonchev–Trinajstić information content (AvgIpc) is 2.62. The zero-order valence-corrected chi connectivity index (χ0v) is 9.89. The van der Waals surface area contributed by atoms with Gasteiger partial charge in [-0.2, -0.15) is 0 Å². The maximum absolute atomic E-state index is 6.24. The van der Waals surface area contributed by atoms with Crippen molar-refractivity contribution < 1.29 is 4.42 Å². The third-order valence-corrected chi connectivity index (χ3v) is 3.62. The minimum Gasteiger partial charge on any atom is -0.441 e. The first-order chi connectivity index (χ1) is 8.13. The van der Waals surface area contributed by atoms with Gasteiger partial charge in [0.2, 0.25) is 0 Å². The lowest BCUT2D eigenvalue weighted by atomic mass is 9.74. The van der Waals surface area contributed by atoms with Crippen LogP contribution < -0.4 is 11.5 Å². The second-order valence-corrected chi connectivity index (χ2v) is 4.98. The van der Waals surface area contributed by atoms with E-state index in [2.05, 4.69) is 4.98 Å². The molecule has 1 saturated carbocycles. The Kier molecular flexibility index (Phi) is 2.42. The van der Waals surface area contributed by atoms with Crippen molar-refractivity contribution in [2.24, 2.45) is 17.4 Å². The molecular weight excluding hydrogens is 214 g/mol. The summed E-state index contributed by atoms with van der Waals surface area (Å²) in [5.74, 6) is 1.20. The second-order valence-electron chi connectivity index (χ2n) is 4.98. The summed E-state index contributed by atoms with van der Waals surface area (Å²) < 4.78 is 5.52. The summed E-state index contributed by atoms with van der Waals surface area (Å²) in [5, 5.41) is 0. The van der Waals surface area contributed by atoms with Crippen LogP contribution >= 0.6 is 0 Å². The van der Waals surface area contributed by atoms with Gasteiger partial charge in [-0.05, 0) is 36.5 Å². The Morgan fingerprint density at radius 1 is 1.41 bits per heavy atom. The molecule has 0 saturated heterocycles. The van der Waals surface area contributed by atoms with Crippen molar-refractivity contribution in [2.45, 2.75) is 31.8 Å². The number of aryl methyl sites for hydroxylation is 1. The maximum Gasteiger partial charge on any atom is 0.192 e. The Labute approximate surface area is 100.0 Å². The fourth-order valence-electron chi connectivity index (χ4n) is 2.54. The fraction of sp³-hybridized carbons (Fsp3) is 0.462. The Hall–Kier alpha value is -1.39. The van der Waals surface area contributed by atoms with E-state index in [-0.39, 0.29) is 6.04 Å². The van der Waals surface area contributed by atoms with Crippen LogP contribution in [0.3, 0.4) is 0 Å². The van der Waals surface area contributed by atoms with Crippen molar-refractivity contribution in [2.75, 3.05) is 0 Å². The summed E-state index contributed by atoms with van der Waals surface area (Å²) in [6.07, 6.45) is 2.04. The summed E-state index contributed by atoms with van der Waals surface area (Å²) in [6, 6.07) is 6.41. The molecule has 1 aromatic carbocycles. The molecule has 1 aliphatic rings. The summed E-state index contributed by atoms with van der Waals surface area (Å²) in [7, 11) is 0. The molecule has 3 rings (SSSR count). The number of rotatable bonds is 2. The van der Waals surface area contributed by atoms with Gasteiger partial charge in [-0.1, -0.05) is 6.07 Å². The first kappa shape index (κ1) is 10.7. The highest BCUT2D eigenvalue weighted by molar-refractivity contribution is 5.73.